The number of ether oxygens (including phenoxy) is 6. The van der Waals surface area contributed by atoms with Crippen molar-refractivity contribution in [3.05, 3.63) is 0 Å². The Kier molecular flexibility index (Phi) is 17.7. The number of phosphoric ester groups is 1. The molecule has 21 heteroatoms. The van der Waals surface area contributed by atoms with Gasteiger partial charge in [0, 0.05) is 13.1 Å². The van der Waals surface area contributed by atoms with Gasteiger partial charge in [0.2, 0.25) is 11.8 Å². The van der Waals surface area contributed by atoms with Gasteiger partial charge in [-0.05, 0) is 106 Å². The molecule has 16 nitrogen and oxygen atoms in total. The summed E-state index contributed by atoms with van der Waals surface area (Å²) in [5.41, 5.74) is -1.75. The van der Waals surface area contributed by atoms with Gasteiger partial charge in [0.05, 0.1) is 34.9 Å². The molecule has 0 aromatic carbocycles. The molecule has 0 spiro atoms. The lowest BCUT2D eigenvalue weighted by Crippen LogP contribution is -2.65. The molecule has 3 N–H and O–H groups in total. The summed E-state index contributed by atoms with van der Waals surface area (Å²) in [6.45, 7) is 16.5. The fraction of sp³-hybridized carbons (Fsp3) is 0.952. The average molecular weight is 992 g/mol. The van der Waals surface area contributed by atoms with Crippen LogP contribution in [0.25, 0.3) is 0 Å². The lowest BCUT2D eigenvalue weighted by atomic mass is 9.92. The third-order valence-corrected chi connectivity index (χ3v) is 16.6. The molecule has 6 heterocycles. The number of amides is 2. The van der Waals surface area contributed by atoms with E-state index in [4.69, 9.17) is 60.7 Å². The number of nitrogens with one attached hydrogen (secondary N) is 2. The van der Waals surface area contributed by atoms with Crippen molar-refractivity contribution in [2.75, 3.05) is 39.7 Å². The molecule has 0 aromatic rings. The molecule has 0 aromatic heterocycles. The summed E-state index contributed by atoms with van der Waals surface area (Å²) in [5, 5.41) is 5.20. The van der Waals surface area contributed by atoms with Crippen molar-refractivity contribution in [3.63, 3.8) is 0 Å². The molecule has 18 atom stereocenters. The molecule has 6 rings (SSSR count). The molecule has 6 saturated heterocycles. The molecule has 0 bridgehead atoms. The van der Waals surface area contributed by atoms with Gasteiger partial charge in [-0.1, -0.05) is 26.7 Å². The number of likely N-dealkylation sites (N-methyl/N-ethyl adjacent to an activating group) is 2. The maximum Gasteiger partial charge on any atom is 0.473 e. The first kappa shape index (κ1) is 52.4. The first-order chi connectivity index (χ1) is 29.5. The predicted octanol–water partition coefficient (Wildman–Crippen LogP) is 5.54. The smallest absolute Gasteiger partial charge is 0.356 e. The highest BCUT2D eigenvalue weighted by atomic mass is 35.5. The second-order valence-corrected chi connectivity index (χ2v) is 23.9. The van der Waals surface area contributed by atoms with Crippen LogP contribution in [0, 0.1) is 11.8 Å². The number of hydrogen-bond acceptors (Lipinski definition) is 15. The van der Waals surface area contributed by atoms with E-state index < -0.39 is 102 Å². The number of carbonyl (C=O) groups excluding carboxylic acids is 2. The quantitative estimate of drug-likeness (QED) is 0.115. The first-order valence-electron chi connectivity index (χ1n) is 22.6. The number of fused-ring (bicyclic) bond motifs is 2. The number of hydrogen-bond donors (Lipinski definition) is 3. The van der Waals surface area contributed by atoms with Crippen LogP contribution >= 0.6 is 54.5 Å². The maximum absolute atomic E-state index is 14.4. The molecule has 0 saturated carbocycles. The molecule has 2 unspecified atom stereocenters. The van der Waals surface area contributed by atoms with Crippen LogP contribution in [-0.4, -0.2) is 172 Å². The summed E-state index contributed by atoms with van der Waals surface area (Å²) >= 11 is 16.2. The highest BCUT2D eigenvalue weighted by molar-refractivity contribution is 7.99. The van der Waals surface area contributed by atoms with Crippen LogP contribution in [-0.2, 0) is 51.6 Å². The molecule has 6 aliphatic rings. The van der Waals surface area contributed by atoms with Crippen molar-refractivity contribution in [2.24, 2.45) is 11.8 Å². The van der Waals surface area contributed by atoms with Crippen LogP contribution in [0.3, 0.4) is 0 Å². The summed E-state index contributed by atoms with van der Waals surface area (Å²) in [6.07, 6.45) is 1.77. The summed E-state index contributed by atoms with van der Waals surface area (Å²) in [5.74, 6) is -1.71. The Bertz CT molecular complexity index is 1520. The van der Waals surface area contributed by atoms with Gasteiger partial charge in [0.25, 0.3) is 0 Å². The van der Waals surface area contributed by atoms with Crippen LogP contribution < -0.4 is 10.6 Å². The minimum Gasteiger partial charge on any atom is -0.356 e. The topological polar surface area (TPSA) is 176 Å². The highest BCUT2D eigenvalue weighted by Crippen LogP contribution is 2.55. The molecule has 63 heavy (non-hydrogen) atoms. The number of thioether (sulfide) groups is 2. The zero-order valence-electron chi connectivity index (χ0n) is 38.9. The first-order valence-corrected chi connectivity index (χ1v) is 27.5. The van der Waals surface area contributed by atoms with Crippen molar-refractivity contribution in [1.82, 2.24) is 20.4 Å². The van der Waals surface area contributed by atoms with E-state index in [-0.39, 0.29) is 23.9 Å². The lowest BCUT2D eigenvalue weighted by Gasteiger charge is -2.46. The number of likely N-dealkylation sites (tertiary alicyclic amines) is 2. The largest absolute Gasteiger partial charge is 0.473 e. The number of alkyl halides is 2. The monoisotopic (exact) mass is 990 g/mol. The highest BCUT2D eigenvalue weighted by Gasteiger charge is 2.62. The van der Waals surface area contributed by atoms with Gasteiger partial charge in [-0.15, -0.1) is 46.7 Å². The van der Waals surface area contributed by atoms with E-state index >= 15 is 0 Å². The number of nitrogens with zero attached hydrogens (tertiary/aromatic N) is 2. The zero-order chi connectivity index (χ0) is 46.3. The average Bonchev–Trinajstić information content (AvgIpc) is 3.94. The molecule has 2 amide bonds. The van der Waals surface area contributed by atoms with E-state index in [9.17, 15) is 19.0 Å². The van der Waals surface area contributed by atoms with Crippen molar-refractivity contribution < 1.29 is 56.5 Å². The van der Waals surface area contributed by atoms with Crippen LogP contribution in [0.4, 0.5) is 0 Å². The number of carbonyl (C=O) groups is 2. The molecule has 364 valence electrons. The molecular weight excluding hydrogens is 918 g/mol. The van der Waals surface area contributed by atoms with Gasteiger partial charge in [0.1, 0.15) is 59.7 Å². The summed E-state index contributed by atoms with van der Waals surface area (Å²) < 4.78 is 65.7. The number of rotatable bonds is 18. The lowest BCUT2D eigenvalue weighted by molar-refractivity contribution is -0.178. The standard InChI is InChI=1S/C42H73Cl2N4O12PS2/c1-13-15-23-17-25(47(9)19-23)37(49)45-27(21(3)43)29-31-33(57-41(5,6)55-31)35(39(53-29)62-11)59-61(51,52)60-36-34-32(56-42(7,8)58-34)30(54-40(36)63-12)28(22(4)44)46-38(50)26-18-24(16-14-2)20-48(26)10/h21-36,39-40H,13-20H2,1-12H3,(H,45,49)(H,46,50)(H,51,52)/t21-,22-,23+,24+,25-,26-,27+,28+,29+,30+,31?,32?,33-,34-,35+,36+,39+,40+/m0/s1. The second kappa shape index (κ2) is 21.3. The van der Waals surface area contributed by atoms with Crippen LogP contribution in [0.2, 0.25) is 0 Å². The van der Waals surface area contributed by atoms with Gasteiger partial charge < -0.3 is 43.9 Å². The summed E-state index contributed by atoms with van der Waals surface area (Å²) in [6, 6.07) is -2.03. The van der Waals surface area contributed by atoms with Crippen LogP contribution in [0.15, 0.2) is 0 Å². The van der Waals surface area contributed by atoms with Crippen molar-refractivity contribution >= 4 is 66.4 Å². The Morgan fingerprint density at radius 2 is 1.08 bits per heavy atom. The second-order valence-electron chi connectivity index (χ2n) is 19.3. The number of halogens is 2. The fourth-order valence-electron chi connectivity index (χ4n) is 10.6. The third-order valence-electron chi connectivity index (χ3n) is 13.3. The molecule has 0 aliphatic carbocycles. The van der Waals surface area contributed by atoms with E-state index in [0.29, 0.717) is 11.8 Å². The normalized spacial score (nSPS) is 40.7. The van der Waals surface area contributed by atoms with Crippen molar-refractivity contribution in [1.29, 1.82) is 0 Å². The van der Waals surface area contributed by atoms with Crippen molar-refractivity contribution in [2.45, 2.75) is 200 Å². The van der Waals surface area contributed by atoms with Gasteiger partial charge in [-0.25, -0.2) is 4.57 Å². The van der Waals surface area contributed by atoms with E-state index in [2.05, 4.69) is 34.3 Å². The van der Waals surface area contributed by atoms with Gasteiger partial charge in [-0.2, -0.15) is 0 Å². The third kappa shape index (κ3) is 12.1. The molecule has 6 fully saturated rings. The van der Waals surface area contributed by atoms with E-state index in [1.165, 1.54) is 23.5 Å². The Morgan fingerprint density at radius 3 is 1.40 bits per heavy atom. The SMILES string of the molecule is CCC[C@@H]1C[C@@H](C(=O)N[C@H]([C@H](C)Cl)[C@H]2O[C@H](SC)[C@H](OP(=O)(O)O[C@H]3[C@@H](SC)O[C@H]([C@H](NC(=O)[C@@H]4C[C@@H](CCC)CN4C)[C@H](C)Cl)C4OC(C)(C)O[C@@H]43)[C@H]3OC(C)(C)OC23)N(C)C1. The zero-order valence-corrected chi connectivity index (χ0v) is 42.9. The Balaban J connectivity index is 1.20. The minimum absolute atomic E-state index is 0.143. The van der Waals surface area contributed by atoms with Gasteiger partial charge in [-0.3, -0.25) is 28.4 Å². The Morgan fingerprint density at radius 1 is 0.730 bits per heavy atom. The summed E-state index contributed by atoms with van der Waals surface area (Å²) in [4.78, 5) is 43.6. The predicted molar refractivity (Wildman–Crippen MR) is 245 cm³/mol. The molecule has 6 aliphatic heterocycles. The minimum atomic E-state index is -5.01. The Labute approximate surface area is 393 Å². The van der Waals surface area contributed by atoms with E-state index in [1.54, 1.807) is 54.1 Å². The Hall–Kier alpha value is 0.01000. The molecular formula is C42H73Cl2N4O12PS2. The van der Waals surface area contributed by atoms with Gasteiger partial charge in [0.15, 0.2) is 11.6 Å². The van der Waals surface area contributed by atoms with E-state index in [0.717, 1.165) is 51.6 Å². The summed E-state index contributed by atoms with van der Waals surface area (Å²) in [7, 11) is -1.08. The fourth-order valence-corrected chi connectivity index (χ4v) is 13.7. The van der Waals surface area contributed by atoms with Crippen molar-refractivity contribution in [3.8, 4) is 0 Å². The van der Waals surface area contributed by atoms with E-state index in [1.807, 2.05) is 14.1 Å². The van der Waals surface area contributed by atoms with Crippen LogP contribution in [0.5, 0.6) is 0 Å². The molecule has 0 radical (unpaired) electrons. The number of phosphoric acid groups is 1. The van der Waals surface area contributed by atoms with Gasteiger partial charge >= 0.3 is 7.82 Å². The maximum atomic E-state index is 14.4. The van der Waals surface area contributed by atoms with Crippen LogP contribution in [0.1, 0.15) is 93.9 Å².